The Bertz CT molecular complexity index is 1320. The molecular weight excluding hydrogens is 424 g/mol. The Labute approximate surface area is 189 Å². The first-order valence-corrected chi connectivity index (χ1v) is 10.6. The van der Waals surface area contributed by atoms with E-state index >= 15 is 0 Å². The highest BCUT2D eigenvalue weighted by atomic mass is 32.1. The lowest BCUT2D eigenvalue weighted by molar-refractivity contribution is -0.134. The summed E-state index contributed by atoms with van der Waals surface area (Å²) < 4.78 is 0. The smallest absolute Gasteiger partial charge is 0.238 e. The van der Waals surface area contributed by atoms with Crippen molar-refractivity contribution in [2.45, 2.75) is 18.4 Å². The van der Waals surface area contributed by atoms with Crippen LogP contribution in [0.1, 0.15) is 28.8 Å². The van der Waals surface area contributed by atoms with Crippen LogP contribution in [0.15, 0.2) is 59.7 Å². The summed E-state index contributed by atoms with van der Waals surface area (Å²) in [5.74, 6) is 0.937. The fourth-order valence-electron chi connectivity index (χ4n) is 4.00. The van der Waals surface area contributed by atoms with Crippen molar-refractivity contribution in [3.8, 4) is 28.7 Å². The van der Waals surface area contributed by atoms with Gasteiger partial charge in [0.2, 0.25) is 5.91 Å². The Hall–Kier alpha value is -4.05. The largest absolute Gasteiger partial charge is 0.504 e. The second-order valence-electron chi connectivity index (χ2n) is 7.77. The number of nitrogens with zero attached hydrogens (tertiary/aromatic N) is 2. The van der Waals surface area contributed by atoms with Gasteiger partial charge in [0.15, 0.2) is 17.3 Å². The van der Waals surface area contributed by atoms with Crippen LogP contribution in [0.5, 0.6) is 11.5 Å². The Morgan fingerprint density at radius 3 is 2.62 bits per heavy atom. The zero-order chi connectivity index (χ0) is 23.0. The van der Waals surface area contributed by atoms with Crippen LogP contribution in [-0.4, -0.2) is 33.9 Å². The highest BCUT2D eigenvalue weighted by Gasteiger charge is 2.49. The summed E-state index contributed by atoms with van der Waals surface area (Å²) in [5.41, 5.74) is 1.92. The highest BCUT2D eigenvalue weighted by Crippen LogP contribution is 2.46. The normalized spacial score (nSPS) is 20.4. The van der Waals surface area contributed by atoms with E-state index in [9.17, 15) is 20.3 Å². The number of likely N-dealkylation sites (N-methyl/N-ethyl adjacent to an activating group) is 1. The average Bonchev–Trinajstić information content (AvgIpc) is 3.30. The lowest BCUT2D eigenvalue weighted by Gasteiger charge is -2.45. The summed E-state index contributed by atoms with van der Waals surface area (Å²) in [5, 5.41) is 41.9. The molecule has 2 atom stereocenters. The van der Waals surface area contributed by atoms with Gasteiger partial charge in [0.05, 0.1) is 23.1 Å². The van der Waals surface area contributed by atoms with Crippen molar-refractivity contribution in [2.75, 3.05) is 7.05 Å². The van der Waals surface area contributed by atoms with Gasteiger partial charge in [0.1, 0.15) is 0 Å². The minimum absolute atomic E-state index is 0.234. The van der Waals surface area contributed by atoms with E-state index in [1.165, 1.54) is 28.4 Å². The molecule has 0 saturated carbocycles. The van der Waals surface area contributed by atoms with Crippen LogP contribution < -0.4 is 5.32 Å². The monoisotopic (exact) mass is 444 g/mol. The molecule has 0 aliphatic carbocycles. The molecule has 2 heterocycles. The number of carbonyl (C=O) groups excluding carboxylic acids is 1. The molecule has 1 amide bonds. The summed E-state index contributed by atoms with van der Waals surface area (Å²) in [7, 11) is 1.56. The molecule has 1 fully saturated rings. The van der Waals surface area contributed by atoms with E-state index in [1.807, 2.05) is 30.5 Å². The van der Waals surface area contributed by atoms with Crippen molar-refractivity contribution in [1.82, 2.24) is 10.2 Å². The highest BCUT2D eigenvalue weighted by molar-refractivity contribution is 7.10. The maximum absolute atomic E-state index is 13.4. The van der Waals surface area contributed by atoms with Crippen LogP contribution in [0.4, 0.5) is 0 Å². The maximum atomic E-state index is 13.4. The number of carbonyl (C=O) groups is 1. The van der Waals surface area contributed by atoms with Gasteiger partial charge < -0.3 is 15.5 Å². The standard InChI is InChI=1S/C24H20N4O3S/c1-24(20-10-17(13-32-20)15-5-3-4-14(8-15)11-25)22(16-6-7-18(29)19(30)9-16)23(31)28(2)21(12-26)27-24/h3-10,13,22,26-27,29-30H,1-2H3/t22-,24+/m0/s1. The summed E-state index contributed by atoms with van der Waals surface area (Å²) in [6.07, 6.45) is 0. The topological polar surface area (TPSA) is 120 Å². The van der Waals surface area contributed by atoms with E-state index < -0.39 is 11.5 Å². The number of aromatic hydroxyl groups is 2. The van der Waals surface area contributed by atoms with Crippen LogP contribution in [0, 0.1) is 16.7 Å². The molecule has 1 saturated heterocycles. The first kappa shape index (κ1) is 21.2. The van der Waals surface area contributed by atoms with Crippen molar-refractivity contribution < 1.29 is 15.0 Å². The van der Waals surface area contributed by atoms with Gasteiger partial charge in [-0.05, 0) is 59.3 Å². The minimum atomic E-state index is -0.952. The predicted molar refractivity (Wildman–Crippen MR) is 121 cm³/mol. The van der Waals surface area contributed by atoms with Gasteiger partial charge in [-0.1, -0.05) is 18.2 Å². The second kappa shape index (κ2) is 7.89. The summed E-state index contributed by atoms with van der Waals surface area (Å²) >= 11 is 1.45. The van der Waals surface area contributed by atoms with Gasteiger partial charge in [-0.25, -0.2) is 0 Å². The van der Waals surface area contributed by atoms with Gasteiger partial charge in [0, 0.05) is 17.8 Å². The zero-order valence-corrected chi connectivity index (χ0v) is 18.2. The van der Waals surface area contributed by atoms with Crippen molar-refractivity contribution in [1.29, 1.82) is 10.7 Å². The van der Waals surface area contributed by atoms with Gasteiger partial charge >= 0.3 is 0 Å². The molecule has 8 heteroatoms. The molecule has 1 aliphatic heterocycles. The van der Waals surface area contributed by atoms with E-state index in [1.54, 1.807) is 25.2 Å². The zero-order valence-electron chi connectivity index (χ0n) is 17.4. The molecule has 2 aromatic carbocycles. The lowest BCUT2D eigenvalue weighted by Crippen LogP contribution is -2.58. The van der Waals surface area contributed by atoms with E-state index in [0.29, 0.717) is 11.1 Å². The molecule has 1 aromatic heterocycles. The number of rotatable bonds is 3. The molecule has 0 unspecified atom stereocenters. The molecule has 0 bridgehead atoms. The number of nitrogens with one attached hydrogen (secondary N) is 2. The number of hydrogen-bond acceptors (Lipinski definition) is 7. The van der Waals surface area contributed by atoms with Gasteiger partial charge in [-0.2, -0.15) is 5.26 Å². The molecule has 0 spiro atoms. The molecule has 1 aliphatic rings. The van der Waals surface area contributed by atoms with E-state index in [4.69, 9.17) is 5.41 Å². The number of phenols is 2. The fourth-order valence-corrected chi connectivity index (χ4v) is 5.06. The molecule has 7 nitrogen and oxygen atoms in total. The Balaban J connectivity index is 1.85. The number of amides is 1. The SMILES string of the molecule is CN1C(=O)[C@H](c2ccc(O)c(O)c2)[C@@](C)(c2cc(-c3cccc(C#N)c3)cs2)NC1=C=N. The van der Waals surface area contributed by atoms with Gasteiger partial charge in [0.25, 0.3) is 0 Å². The number of nitriles is 1. The first-order chi connectivity index (χ1) is 15.3. The molecule has 0 radical (unpaired) electrons. The van der Waals surface area contributed by atoms with Crippen LogP contribution in [-0.2, 0) is 10.3 Å². The van der Waals surface area contributed by atoms with Crippen molar-refractivity contribution in [3.05, 3.63) is 75.7 Å². The quantitative estimate of drug-likeness (QED) is 0.361. The van der Waals surface area contributed by atoms with Crippen LogP contribution in [0.25, 0.3) is 11.1 Å². The fraction of sp³-hybridized carbons (Fsp3) is 0.167. The number of benzene rings is 2. The third-order valence-corrected chi connectivity index (χ3v) is 6.92. The van der Waals surface area contributed by atoms with Gasteiger partial charge in [-0.3, -0.25) is 15.1 Å². The Morgan fingerprint density at radius 2 is 1.94 bits per heavy atom. The lowest BCUT2D eigenvalue weighted by atomic mass is 9.76. The van der Waals surface area contributed by atoms with Crippen LogP contribution in [0.2, 0.25) is 0 Å². The number of phenolic OH excluding ortho intramolecular Hbond substituents is 2. The average molecular weight is 445 g/mol. The molecule has 160 valence electrons. The molecule has 32 heavy (non-hydrogen) atoms. The van der Waals surface area contributed by atoms with E-state index in [0.717, 1.165) is 16.0 Å². The summed E-state index contributed by atoms with van der Waals surface area (Å²) in [4.78, 5) is 15.6. The van der Waals surface area contributed by atoms with Crippen molar-refractivity contribution in [2.24, 2.45) is 0 Å². The van der Waals surface area contributed by atoms with Crippen molar-refractivity contribution in [3.63, 3.8) is 0 Å². The molecule has 3 aromatic rings. The van der Waals surface area contributed by atoms with Crippen LogP contribution in [0.3, 0.4) is 0 Å². The van der Waals surface area contributed by atoms with E-state index in [2.05, 4.69) is 17.3 Å². The summed E-state index contributed by atoms with van der Waals surface area (Å²) in [6, 6.07) is 15.7. The minimum Gasteiger partial charge on any atom is -0.504 e. The number of thiophene rings is 1. The third-order valence-electron chi connectivity index (χ3n) is 5.76. The first-order valence-electron chi connectivity index (χ1n) is 9.75. The van der Waals surface area contributed by atoms with Crippen molar-refractivity contribution >= 4 is 23.1 Å². The second-order valence-corrected chi connectivity index (χ2v) is 8.68. The molecule has 4 N–H and O–H groups in total. The van der Waals surface area contributed by atoms with E-state index in [-0.39, 0.29) is 23.2 Å². The van der Waals surface area contributed by atoms with Gasteiger partial charge in [-0.15, -0.1) is 11.3 Å². The maximum Gasteiger partial charge on any atom is 0.238 e. The number of hydrogen-bond donors (Lipinski definition) is 4. The Morgan fingerprint density at radius 1 is 1.16 bits per heavy atom. The Kier molecular flexibility index (Phi) is 5.23. The van der Waals surface area contributed by atoms with Crippen LogP contribution >= 0.6 is 11.3 Å². The third kappa shape index (κ3) is 3.40. The molecular formula is C24H20N4O3S. The predicted octanol–water partition coefficient (Wildman–Crippen LogP) is 3.85. The summed E-state index contributed by atoms with van der Waals surface area (Å²) in [6.45, 7) is 1.87. The molecule has 4 rings (SSSR count).